The first kappa shape index (κ1) is 24.8. The van der Waals surface area contributed by atoms with E-state index in [4.69, 9.17) is 9.84 Å². The molecule has 0 aliphatic heterocycles. The summed E-state index contributed by atoms with van der Waals surface area (Å²) in [6, 6.07) is 26.9. The molecular formula is C29H26N4O2S. The number of thioether (sulfide) groups is 1. The van der Waals surface area contributed by atoms with Crippen LogP contribution < -0.4 is 10.1 Å². The van der Waals surface area contributed by atoms with Gasteiger partial charge in [0.2, 0.25) is 0 Å². The summed E-state index contributed by atoms with van der Waals surface area (Å²) in [4.78, 5) is 14.1. The molecule has 3 aromatic carbocycles. The van der Waals surface area contributed by atoms with Gasteiger partial charge in [-0.05, 0) is 67.3 Å². The standard InChI is InChI=1S/C29H26N4O2S/c1-3-35-26-14-12-24(13-15-26)31-29(34)22(19-30)18-23-20-33(25-8-6-5-7-9-25)32-28(23)21-10-16-27(17-11-21)36-4-2/h5-18,20H,3-4H2,1-2H3,(H,31,34). The van der Waals surface area contributed by atoms with Crippen LogP contribution in [0, 0.1) is 11.3 Å². The molecule has 0 bridgehead atoms. The van der Waals surface area contributed by atoms with Crippen LogP contribution in [0.25, 0.3) is 23.0 Å². The predicted octanol–water partition coefficient (Wildman–Crippen LogP) is 6.60. The number of amides is 1. The average Bonchev–Trinajstić information content (AvgIpc) is 3.33. The maximum atomic E-state index is 12.9. The summed E-state index contributed by atoms with van der Waals surface area (Å²) in [7, 11) is 0. The van der Waals surface area contributed by atoms with E-state index in [0.717, 1.165) is 17.0 Å². The largest absolute Gasteiger partial charge is 0.494 e. The number of aromatic nitrogens is 2. The number of ether oxygens (including phenoxy) is 1. The molecular weight excluding hydrogens is 468 g/mol. The number of carbonyl (C=O) groups excluding carboxylic acids is 1. The second-order valence-corrected chi connectivity index (χ2v) is 9.09. The van der Waals surface area contributed by atoms with Crippen molar-refractivity contribution in [3.8, 4) is 28.8 Å². The lowest BCUT2D eigenvalue weighted by Crippen LogP contribution is -2.13. The van der Waals surface area contributed by atoms with E-state index in [0.29, 0.717) is 29.3 Å². The molecule has 1 aromatic heterocycles. The molecule has 0 aliphatic rings. The minimum atomic E-state index is -0.491. The Bertz CT molecular complexity index is 1390. The molecule has 0 aliphatic carbocycles. The van der Waals surface area contributed by atoms with Crippen molar-refractivity contribution >= 4 is 29.4 Å². The van der Waals surface area contributed by atoms with E-state index < -0.39 is 5.91 Å². The molecule has 180 valence electrons. The molecule has 4 rings (SSSR count). The van der Waals surface area contributed by atoms with Crippen LogP contribution in [0.2, 0.25) is 0 Å². The van der Waals surface area contributed by atoms with Gasteiger partial charge in [-0.2, -0.15) is 10.4 Å². The fraction of sp³-hybridized carbons (Fsp3) is 0.138. The number of anilines is 1. The topological polar surface area (TPSA) is 79.9 Å². The van der Waals surface area contributed by atoms with Gasteiger partial charge in [-0.3, -0.25) is 4.79 Å². The molecule has 4 aromatic rings. The number of nitriles is 1. The van der Waals surface area contributed by atoms with Crippen LogP contribution in [0.1, 0.15) is 19.4 Å². The van der Waals surface area contributed by atoms with Crippen LogP contribution in [0.5, 0.6) is 5.75 Å². The summed E-state index contributed by atoms with van der Waals surface area (Å²) in [6.45, 7) is 4.59. The maximum Gasteiger partial charge on any atom is 0.266 e. The van der Waals surface area contributed by atoms with Crippen molar-refractivity contribution < 1.29 is 9.53 Å². The molecule has 36 heavy (non-hydrogen) atoms. The zero-order chi connectivity index (χ0) is 25.3. The van der Waals surface area contributed by atoms with Crippen LogP contribution in [0.4, 0.5) is 5.69 Å². The zero-order valence-corrected chi connectivity index (χ0v) is 21.0. The van der Waals surface area contributed by atoms with Crippen LogP contribution in [-0.2, 0) is 4.79 Å². The quantitative estimate of drug-likeness (QED) is 0.161. The van der Waals surface area contributed by atoms with Crippen LogP contribution >= 0.6 is 11.8 Å². The summed E-state index contributed by atoms with van der Waals surface area (Å²) in [5, 5.41) is 17.4. The number of carbonyl (C=O) groups is 1. The molecule has 0 spiro atoms. The van der Waals surface area contributed by atoms with Gasteiger partial charge in [-0.25, -0.2) is 4.68 Å². The minimum Gasteiger partial charge on any atom is -0.494 e. The van der Waals surface area contributed by atoms with E-state index >= 15 is 0 Å². The van der Waals surface area contributed by atoms with Crippen molar-refractivity contribution in [1.82, 2.24) is 9.78 Å². The molecule has 1 N–H and O–H groups in total. The molecule has 0 atom stereocenters. The molecule has 0 saturated carbocycles. The van der Waals surface area contributed by atoms with E-state index in [1.807, 2.05) is 61.7 Å². The van der Waals surface area contributed by atoms with Crippen LogP contribution in [0.3, 0.4) is 0 Å². The maximum absolute atomic E-state index is 12.9. The van der Waals surface area contributed by atoms with Crippen molar-refractivity contribution in [1.29, 1.82) is 5.26 Å². The Labute approximate surface area is 215 Å². The molecule has 7 heteroatoms. The number of benzene rings is 3. The second-order valence-electron chi connectivity index (χ2n) is 7.75. The highest BCUT2D eigenvalue weighted by Crippen LogP contribution is 2.28. The molecule has 6 nitrogen and oxygen atoms in total. The van der Waals surface area contributed by atoms with Gasteiger partial charge in [0, 0.05) is 27.9 Å². The highest BCUT2D eigenvalue weighted by atomic mass is 32.2. The third kappa shape index (κ3) is 6.04. The van der Waals surface area contributed by atoms with Crippen molar-refractivity contribution in [3.05, 3.63) is 96.2 Å². The van der Waals surface area contributed by atoms with Gasteiger partial charge in [0.05, 0.1) is 18.0 Å². The van der Waals surface area contributed by atoms with Crippen LogP contribution in [0.15, 0.2) is 95.5 Å². The Morgan fingerprint density at radius 2 is 1.78 bits per heavy atom. The minimum absolute atomic E-state index is 0.0177. The molecule has 0 unspecified atom stereocenters. The number of rotatable bonds is 9. The van der Waals surface area contributed by atoms with Crippen molar-refractivity contribution in [3.63, 3.8) is 0 Å². The number of nitrogens with zero attached hydrogens (tertiary/aromatic N) is 3. The van der Waals surface area contributed by atoms with E-state index in [2.05, 4.69) is 24.4 Å². The van der Waals surface area contributed by atoms with E-state index in [1.165, 1.54) is 4.90 Å². The molecule has 0 fully saturated rings. The third-order valence-corrected chi connectivity index (χ3v) is 6.18. The number of nitrogens with one attached hydrogen (secondary N) is 1. The second kappa shape index (κ2) is 11.9. The number of hydrogen-bond donors (Lipinski definition) is 1. The van der Waals surface area contributed by atoms with E-state index in [-0.39, 0.29) is 5.57 Å². The molecule has 1 heterocycles. The van der Waals surface area contributed by atoms with Crippen molar-refractivity contribution in [2.45, 2.75) is 18.7 Å². The third-order valence-electron chi connectivity index (χ3n) is 5.29. The first-order valence-corrected chi connectivity index (χ1v) is 12.6. The fourth-order valence-corrected chi connectivity index (χ4v) is 4.27. The molecule has 1 amide bonds. The van der Waals surface area contributed by atoms with Gasteiger partial charge in [0.1, 0.15) is 17.4 Å². The van der Waals surface area contributed by atoms with Gasteiger partial charge in [-0.1, -0.05) is 37.3 Å². The van der Waals surface area contributed by atoms with Crippen LogP contribution in [-0.4, -0.2) is 28.0 Å². The summed E-state index contributed by atoms with van der Waals surface area (Å²) in [5.41, 5.74) is 3.71. The smallest absolute Gasteiger partial charge is 0.266 e. The van der Waals surface area contributed by atoms with E-state index in [1.54, 1.807) is 46.8 Å². The monoisotopic (exact) mass is 494 g/mol. The lowest BCUT2D eigenvalue weighted by molar-refractivity contribution is -0.112. The zero-order valence-electron chi connectivity index (χ0n) is 20.1. The number of hydrogen-bond acceptors (Lipinski definition) is 5. The first-order valence-electron chi connectivity index (χ1n) is 11.7. The Kier molecular flexibility index (Phi) is 8.22. The summed E-state index contributed by atoms with van der Waals surface area (Å²) < 4.78 is 7.20. The Hall–Kier alpha value is -4.28. The van der Waals surface area contributed by atoms with Gasteiger partial charge in [-0.15, -0.1) is 11.8 Å². The normalized spacial score (nSPS) is 11.1. The highest BCUT2D eigenvalue weighted by Gasteiger charge is 2.15. The van der Waals surface area contributed by atoms with Gasteiger partial charge in [0.15, 0.2) is 0 Å². The van der Waals surface area contributed by atoms with Crippen molar-refractivity contribution in [2.75, 3.05) is 17.7 Å². The first-order chi connectivity index (χ1) is 17.6. The summed E-state index contributed by atoms with van der Waals surface area (Å²) in [5.74, 6) is 1.22. The predicted molar refractivity (Wildman–Crippen MR) is 145 cm³/mol. The Morgan fingerprint density at radius 1 is 1.06 bits per heavy atom. The Morgan fingerprint density at radius 3 is 2.42 bits per heavy atom. The molecule has 0 saturated heterocycles. The highest BCUT2D eigenvalue weighted by molar-refractivity contribution is 7.99. The lowest BCUT2D eigenvalue weighted by atomic mass is 10.1. The average molecular weight is 495 g/mol. The van der Waals surface area contributed by atoms with Gasteiger partial charge >= 0.3 is 0 Å². The summed E-state index contributed by atoms with van der Waals surface area (Å²) >= 11 is 1.77. The fourth-order valence-electron chi connectivity index (χ4n) is 3.61. The van der Waals surface area contributed by atoms with Crippen molar-refractivity contribution in [2.24, 2.45) is 0 Å². The Balaban J connectivity index is 1.68. The molecule has 0 radical (unpaired) electrons. The van der Waals surface area contributed by atoms with Gasteiger partial charge < -0.3 is 10.1 Å². The summed E-state index contributed by atoms with van der Waals surface area (Å²) in [6.07, 6.45) is 3.42. The van der Waals surface area contributed by atoms with Gasteiger partial charge in [0.25, 0.3) is 5.91 Å². The van der Waals surface area contributed by atoms with E-state index in [9.17, 15) is 10.1 Å². The number of para-hydroxylation sites is 1. The SMILES string of the molecule is CCOc1ccc(NC(=O)C(C#N)=Cc2cn(-c3ccccc3)nc2-c2ccc(SCC)cc2)cc1. The lowest BCUT2D eigenvalue weighted by Gasteiger charge is -2.07.